The number of carbonyl (C=O) groups is 3. The molecular weight excluding hydrogens is 354 g/mol. The molecule has 0 unspecified atom stereocenters. The first kappa shape index (κ1) is 19.3. The van der Waals surface area contributed by atoms with Gasteiger partial charge in [0, 0.05) is 19.0 Å². The lowest BCUT2D eigenvalue weighted by Gasteiger charge is -2.07. The fourth-order valence-corrected chi connectivity index (χ4v) is 2.83. The Hall–Kier alpha value is -3.47. The first-order valence-electron chi connectivity index (χ1n) is 9.01. The Morgan fingerprint density at radius 2 is 1.54 bits per heavy atom. The van der Waals surface area contributed by atoms with E-state index in [-0.39, 0.29) is 24.7 Å². The van der Waals surface area contributed by atoms with Crippen molar-refractivity contribution in [2.45, 2.75) is 19.9 Å². The van der Waals surface area contributed by atoms with E-state index < -0.39 is 5.97 Å². The SMILES string of the molecule is CC(=O)NCc1ccc(C(=O)COC(=O)Cc2ccc3ccccc3c2)cc1. The zero-order valence-electron chi connectivity index (χ0n) is 15.6. The Kier molecular flexibility index (Phi) is 6.17. The number of ketones is 1. The second-order valence-electron chi connectivity index (χ2n) is 6.55. The van der Waals surface area contributed by atoms with Gasteiger partial charge in [-0.15, -0.1) is 0 Å². The van der Waals surface area contributed by atoms with E-state index in [4.69, 9.17) is 4.74 Å². The van der Waals surface area contributed by atoms with Crippen LogP contribution in [0.3, 0.4) is 0 Å². The van der Waals surface area contributed by atoms with Crippen LogP contribution in [0.25, 0.3) is 10.8 Å². The number of fused-ring (bicyclic) bond motifs is 1. The summed E-state index contributed by atoms with van der Waals surface area (Å²) in [7, 11) is 0. The number of benzene rings is 3. The zero-order valence-corrected chi connectivity index (χ0v) is 15.6. The van der Waals surface area contributed by atoms with Gasteiger partial charge in [0.1, 0.15) is 0 Å². The third-order valence-corrected chi connectivity index (χ3v) is 4.34. The Balaban J connectivity index is 1.51. The summed E-state index contributed by atoms with van der Waals surface area (Å²) in [5.74, 6) is -0.817. The Morgan fingerprint density at radius 1 is 0.857 bits per heavy atom. The highest BCUT2D eigenvalue weighted by Crippen LogP contribution is 2.16. The maximum atomic E-state index is 12.2. The highest BCUT2D eigenvalue weighted by Gasteiger charge is 2.11. The summed E-state index contributed by atoms with van der Waals surface area (Å²) in [6.07, 6.45) is 0.119. The van der Waals surface area contributed by atoms with Crippen molar-refractivity contribution in [3.8, 4) is 0 Å². The van der Waals surface area contributed by atoms with Crippen LogP contribution in [-0.4, -0.2) is 24.3 Å². The fraction of sp³-hybridized carbons (Fsp3) is 0.174. The van der Waals surface area contributed by atoms with Crippen molar-refractivity contribution in [3.05, 3.63) is 83.4 Å². The number of esters is 1. The molecular formula is C23H21NO4. The smallest absolute Gasteiger partial charge is 0.310 e. The topological polar surface area (TPSA) is 72.5 Å². The van der Waals surface area contributed by atoms with Gasteiger partial charge in [0.25, 0.3) is 0 Å². The average Bonchev–Trinajstić information content (AvgIpc) is 2.70. The van der Waals surface area contributed by atoms with Crippen molar-refractivity contribution in [1.29, 1.82) is 0 Å². The van der Waals surface area contributed by atoms with Gasteiger partial charge in [0.05, 0.1) is 6.42 Å². The molecule has 0 spiro atoms. The summed E-state index contributed by atoms with van der Waals surface area (Å²) in [6, 6.07) is 20.6. The molecule has 0 aliphatic carbocycles. The second-order valence-corrected chi connectivity index (χ2v) is 6.55. The van der Waals surface area contributed by atoms with Crippen molar-refractivity contribution in [3.63, 3.8) is 0 Å². The van der Waals surface area contributed by atoms with Crippen LogP contribution >= 0.6 is 0 Å². The lowest BCUT2D eigenvalue weighted by molar-refractivity contribution is -0.141. The molecule has 0 aromatic heterocycles. The van der Waals surface area contributed by atoms with Gasteiger partial charge in [-0.25, -0.2) is 0 Å². The molecule has 0 atom stereocenters. The van der Waals surface area contributed by atoms with Crippen molar-refractivity contribution in [1.82, 2.24) is 5.32 Å². The van der Waals surface area contributed by atoms with E-state index >= 15 is 0 Å². The third kappa shape index (κ3) is 5.27. The molecule has 1 N–H and O–H groups in total. The van der Waals surface area contributed by atoms with Gasteiger partial charge in [-0.2, -0.15) is 0 Å². The number of carbonyl (C=O) groups excluding carboxylic acids is 3. The van der Waals surface area contributed by atoms with E-state index in [2.05, 4.69) is 5.32 Å². The van der Waals surface area contributed by atoms with Crippen LogP contribution in [0, 0.1) is 0 Å². The van der Waals surface area contributed by atoms with Crippen molar-refractivity contribution in [2.24, 2.45) is 0 Å². The van der Waals surface area contributed by atoms with Crippen molar-refractivity contribution in [2.75, 3.05) is 6.61 Å². The lowest BCUT2D eigenvalue weighted by atomic mass is 10.1. The summed E-state index contributed by atoms with van der Waals surface area (Å²) < 4.78 is 5.14. The van der Waals surface area contributed by atoms with Crippen LogP contribution in [0.1, 0.15) is 28.4 Å². The molecule has 0 aliphatic heterocycles. The molecule has 0 saturated heterocycles. The number of nitrogens with one attached hydrogen (secondary N) is 1. The number of Topliss-reactive ketones (excluding diaryl/α,β-unsaturated/α-hetero) is 1. The largest absolute Gasteiger partial charge is 0.457 e. The lowest BCUT2D eigenvalue weighted by Crippen LogP contribution is -2.19. The Morgan fingerprint density at radius 3 is 2.25 bits per heavy atom. The summed E-state index contributed by atoms with van der Waals surface area (Å²) in [5.41, 5.74) is 2.20. The molecule has 1 amide bonds. The number of amides is 1. The number of rotatable bonds is 7. The van der Waals surface area contributed by atoms with E-state index in [0.717, 1.165) is 21.9 Å². The highest BCUT2D eigenvalue weighted by atomic mass is 16.5. The van der Waals surface area contributed by atoms with Crippen LogP contribution < -0.4 is 5.32 Å². The molecule has 0 fully saturated rings. The molecule has 5 heteroatoms. The molecule has 3 aromatic rings. The van der Waals surface area contributed by atoms with Crippen molar-refractivity contribution < 1.29 is 19.1 Å². The Labute approximate surface area is 163 Å². The molecule has 0 saturated carbocycles. The summed E-state index contributed by atoms with van der Waals surface area (Å²) in [4.78, 5) is 35.2. The van der Waals surface area contributed by atoms with Crippen LogP contribution in [-0.2, 0) is 27.3 Å². The van der Waals surface area contributed by atoms with Gasteiger partial charge in [0.2, 0.25) is 5.91 Å². The number of hydrogen-bond acceptors (Lipinski definition) is 4. The maximum Gasteiger partial charge on any atom is 0.310 e. The van der Waals surface area contributed by atoms with Gasteiger partial charge in [-0.1, -0.05) is 66.7 Å². The van der Waals surface area contributed by atoms with E-state index in [9.17, 15) is 14.4 Å². The number of hydrogen-bond donors (Lipinski definition) is 1. The Bertz CT molecular complexity index is 1010. The molecule has 0 radical (unpaired) electrons. The van der Waals surface area contributed by atoms with E-state index in [1.54, 1.807) is 24.3 Å². The third-order valence-electron chi connectivity index (χ3n) is 4.34. The van der Waals surface area contributed by atoms with Crippen LogP contribution in [0.4, 0.5) is 0 Å². The quantitative estimate of drug-likeness (QED) is 0.507. The fourth-order valence-electron chi connectivity index (χ4n) is 2.83. The molecule has 142 valence electrons. The van der Waals surface area contributed by atoms with Gasteiger partial charge in [0.15, 0.2) is 12.4 Å². The summed E-state index contributed by atoms with van der Waals surface area (Å²) in [5, 5.41) is 4.86. The zero-order chi connectivity index (χ0) is 19.9. The summed E-state index contributed by atoms with van der Waals surface area (Å²) in [6.45, 7) is 1.56. The van der Waals surface area contributed by atoms with E-state index in [1.165, 1.54) is 6.92 Å². The van der Waals surface area contributed by atoms with Gasteiger partial charge in [-0.05, 0) is 21.9 Å². The minimum atomic E-state index is -0.439. The van der Waals surface area contributed by atoms with Crippen LogP contribution in [0.15, 0.2) is 66.7 Å². The molecule has 0 aliphatic rings. The van der Waals surface area contributed by atoms with E-state index in [0.29, 0.717) is 12.1 Å². The molecule has 28 heavy (non-hydrogen) atoms. The molecule has 0 bridgehead atoms. The van der Waals surface area contributed by atoms with Crippen LogP contribution in [0.5, 0.6) is 0 Å². The second kappa shape index (κ2) is 8.95. The molecule has 3 rings (SSSR count). The first-order chi connectivity index (χ1) is 13.5. The molecule has 5 nitrogen and oxygen atoms in total. The number of ether oxygens (including phenoxy) is 1. The maximum absolute atomic E-state index is 12.2. The van der Waals surface area contributed by atoms with Crippen LogP contribution in [0.2, 0.25) is 0 Å². The molecule has 0 heterocycles. The van der Waals surface area contributed by atoms with Gasteiger partial charge >= 0.3 is 5.97 Å². The predicted octanol–water partition coefficient (Wildman–Crippen LogP) is 3.44. The standard InChI is InChI=1S/C23H21NO4/c1-16(25)24-14-17-6-10-20(11-7-17)22(26)15-28-23(27)13-18-8-9-19-4-2-3-5-21(19)12-18/h2-12H,13-15H2,1H3,(H,24,25). The van der Waals surface area contributed by atoms with Gasteiger partial charge < -0.3 is 10.1 Å². The van der Waals surface area contributed by atoms with Gasteiger partial charge in [-0.3, -0.25) is 14.4 Å². The minimum Gasteiger partial charge on any atom is -0.457 e. The average molecular weight is 375 g/mol. The molecule has 3 aromatic carbocycles. The van der Waals surface area contributed by atoms with Crippen molar-refractivity contribution >= 4 is 28.4 Å². The highest BCUT2D eigenvalue weighted by molar-refractivity contribution is 5.98. The normalized spacial score (nSPS) is 10.5. The van der Waals surface area contributed by atoms with E-state index in [1.807, 2.05) is 42.5 Å². The first-order valence-corrected chi connectivity index (χ1v) is 9.01. The monoisotopic (exact) mass is 375 g/mol. The predicted molar refractivity (Wildman–Crippen MR) is 107 cm³/mol. The summed E-state index contributed by atoms with van der Waals surface area (Å²) >= 11 is 0. The minimum absolute atomic E-state index is 0.113.